The summed E-state index contributed by atoms with van der Waals surface area (Å²) in [4.78, 5) is 32.7. The van der Waals surface area contributed by atoms with E-state index in [1.54, 1.807) is 0 Å². The van der Waals surface area contributed by atoms with Crippen LogP contribution < -0.4 is 11.4 Å². The lowest BCUT2D eigenvalue weighted by Gasteiger charge is -2.23. The summed E-state index contributed by atoms with van der Waals surface area (Å²) in [5, 5.41) is 18.3. The van der Waals surface area contributed by atoms with Crippen LogP contribution in [0.4, 0.5) is 5.82 Å². The molecule has 0 aliphatic heterocycles. The van der Waals surface area contributed by atoms with E-state index in [-0.39, 0.29) is 12.4 Å². The number of aliphatic hydroxyl groups is 2. The van der Waals surface area contributed by atoms with Gasteiger partial charge in [-0.3, -0.25) is 9.13 Å². The number of nitrogens with two attached hydrogens (primary N) is 1. The van der Waals surface area contributed by atoms with Crippen molar-refractivity contribution in [3.05, 3.63) is 22.7 Å². The predicted octanol–water partition coefficient (Wildman–Crippen LogP) is -2.26. The van der Waals surface area contributed by atoms with Gasteiger partial charge in [-0.05, 0) is 6.07 Å². The smallest absolute Gasteiger partial charge is 0.349 e. The Kier molecular flexibility index (Phi) is 6.46. The second kappa shape index (κ2) is 7.64. The number of hydrogen-bond donors (Lipinski definition) is 5. The SMILES string of the molecule is Nc1ccn(C[C@@H](CO)O[C@@H](CO)CP(=O)(O)O)c(=O)n1. The second-order valence-corrected chi connectivity index (χ2v) is 6.07. The Hall–Kier alpha value is -1.29. The van der Waals surface area contributed by atoms with Crippen LogP contribution in [0, 0.1) is 0 Å². The van der Waals surface area contributed by atoms with Crippen molar-refractivity contribution >= 4 is 13.4 Å². The number of anilines is 1. The number of nitrogens with zero attached hydrogens (tertiary/aromatic N) is 2. The number of aliphatic hydroxyl groups excluding tert-OH is 2. The molecule has 11 heteroatoms. The van der Waals surface area contributed by atoms with Gasteiger partial charge in [0.1, 0.15) is 5.82 Å². The van der Waals surface area contributed by atoms with Crippen molar-refractivity contribution < 1.29 is 29.3 Å². The Morgan fingerprint density at radius 3 is 2.43 bits per heavy atom. The minimum Gasteiger partial charge on any atom is -0.394 e. The van der Waals surface area contributed by atoms with Crippen LogP contribution in [-0.2, 0) is 15.8 Å². The molecule has 0 amide bonds. The quantitative estimate of drug-likeness (QED) is 0.331. The molecule has 0 unspecified atom stereocenters. The van der Waals surface area contributed by atoms with Crippen molar-refractivity contribution in [3.63, 3.8) is 0 Å². The Bertz CT molecular complexity index is 558. The fourth-order valence-corrected chi connectivity index (χ4v) is 2.36. The average Bonchev–Trinajstić information content (AvgIpc) is 2.38. The molecule has 1 aromatic rings. The van der Waals surface area contributed by atoms with E-state index in [4.69, 9.17) is 25.4 Å². The second-order valence-electron chi connectivity index (χ2n) is 4.38. The summed E-state index contributed by atoms with van der Waals surface area (Å²) >= 11 is 0. The van der Waals surface area contributed by atoms with Crippen molar-refractivity contribution in [1.82, 2.24) is 9.55 Å². The first-order chi connectivity index (χ1) is 9.75. The van der Waals surface area contributed by atoms with Crippen LogP contribution in [0.3, 0.4) is 0 Å². The number of hydrogen-bond acceptors (Lipinski definition) is 7. The molecule has 6 N–H and O–H groups in total. The summed E-state index contributed by atoms with van der Waals surface area (Å²) in [5.41, 5.74) is 4.69. The van der Waals surface area contributed by atoms with E-state index in [0.717, 1.165) is 4.57 Å². The van der Waals surface area contributed by atoms with Crippen LogP contribution in [0.5, 0.6) is 0 Å². The third kappa shape index (κ3) is 6.34. The van der Waals surface area contributed by atoms with Gasteiger partial charge in [0.25, 0.3) is 0 Å². The number of ether oxygens (including phenoxy) is 1. The molecule has 0 saturated carbocycles. The maximum Gasteiger partial charge on any atom is 0.349 e. The highest BCUT2D eigenvalue weighted by atomic mass is 31.2. The minimum atomic E-state index is -4.37. The number of nitrogen functional groups attached to an aromatic ring is 1. The molecule has 1 rings (SSSR count). The lowest BCUT2D eigenvalue weighted by Crippen LogP contribution is -2.36. The van der Waals surface area contributed by atoms with Crippen LogP contribution >= 0.6 is 7.60 Å². The first kappa shape index (κ1) is 17.8. The largest absolute Gasteiger partial charge is 0.394 e. The van der Waals surface area contributed by atoms with Gasteiger partial charge in [-0.25, -0.2) is 4.79 Å². The summed E-state index contributed by atoms with van der Waals surface area (Å²) in [7, 11) is -4.37. The standard InChI is InChI=1S/C10H18N3O7P/c11-9-1-2-13(10(16)12-9)3-7(4-14)20-8(5-15)6-21(17,18)19/h1-2,7-8,14-15H,3-6H2,(H2,11,12,16)(H2,17,18,19)/t7-,8-/m0/s1. The molecule has 0 radical (unpaired) electrons. The van der Waals surface area contributed by atoms with Crippen LogP contribution in [0.1, 0.15) is 0 Å². The van der Waals surface area contributed by atoms with Gasteiger partial charge < -0.3 is 30.5 Å². The van der Waals surface area contributed by atoms with Gasteiger partial charge in [-0.15, -0.1) is 0 Å². The van der Waals surface area contributed by atoms with Crippen molar-refractivity contribution in [2.45, 2.75) is 18.8 Å². The molecule has 0 bridgehead atoms. The zero-order valence-electron chi connectivity index (χ0n) is 11.1. The van der Waals surface area contributed by atoms with Gasteiger partial charge in [-0.2, -0.15) is 4.98 Å². The molecule has 2 atom stereocenters. The van der Waals surface area contributed by atoms with Crippen molar-refractivity contribution in [1.29, 1.82) is 0 Å². The maximum absolute atomic E-state index is 11.5. The maximum atomic E-state index is 11.5. The average molecular weight is 323 g/mol. The predicted molar refractivity (Wildman–Crippen MR) is 72.7 cm³/mol. The molecule has 21 heavy (non-hydrogen) atoms. The van der Waals surface area contributed by atoms with E-state index >= 15 is 0 Å². The van der Waals surface area contributed by atoms with E-state index in [9.17, 15) is 14.5 Å². The van der Waals surface area contributed by atoms with Gasteiger partial charge in [0.15, 0.2) is 0 Å². The summed E-state index contributed by atoms with van der Waals surface area (Å²) in [6, 6.07) is 1.38. The molecule has 0 saturated heterocycles. The highest BCUT2D eigenvalue weighted by Crippen LogP contribution is 2.35. The molecule has 0 aliphatic carbocycles. The Morgan fingerprint density at radius 1 is 1.33 bits per heavy atom. The Labute approximate surface area is 120 Å². The molecular formula is C10H18N3O7P. The Balaban J connectivity index is 2.74. The molecule has 0 fully saturated rings. The van der Waals surface area contributed by atoms with Gasteiger partial charge in [0.05, 0.1) is 38.1 Å². The van der Waals surface area contributed by atoms with Crippen LogP contribution in [-0.4, -0.2) is 61.1 Å². The third-order valence-corrected chi connectivity index (χ3v) is 3.41. The van der Waals surface area contributed by atoms with Crippen LogP contribution in [0.25, 0.3) is 0 Å². The monoisotopic (exact) mass is 323 g/mol. The third-order valence-electron chi connectivity index (χ3n) is 2.53. The van der Waals surface area contributed by atoms with Crippen molar-refractivity contribution in [2.75, 3.05) is 25.1 Å². The first-order valence-corrected chi connectivity index (χ1v) is 7.79. The number of rotatable bonds is 8. The van der Waals surface area contributed by atoms with Gasteiger partial charge in [-0.1, -0.05) is 0 Å². The highest BCUT2D eigenvalue weighted by molar-refractivity contribution is 7.51. The molecule has 120 valence electrons. The normalized spacial score (nSPS) is 14.9. The summed E-state index contributed by atoms with van der Waals surface area (Å²) in [6.07, 6.45) is -1.42. The van der Waals surface area contributed by atoms with Crippen LogP contribution in [0.15, 0.2) is 17.1 Å². The first-order valence-electron chi connectivity index (χ1n) is 6.00. The lowest BCUT2D eigenvalue weighted by atomic mass is 10.3. The zero-order valence-corrected chi connectivity index (χ0v) is 12.0. The van der Waals surface area contributed by atoms with Gasteiger partial charge in [0.2, 0.25) is 0 Å². The van der Waals surface area contributed by atoms with Crippen molar-refractivity contribution in [3.8, 4) is 0 Å². The zero-order chi connectivity index (χ0) is 16.0. The minimum absolute atomic E-state index is 0.0486. The van der Waals surface area contributed by atoms with E-state index < -0.39 is 44.9 Å². The highest BCUT2D eigenvalue weighted by Gasteiger charge is 2.24. The molecule has 1 aromatic heterocycles. The fraction of sp³-hybridized carbons (Fsp3) is 0.600. The lowest BCUT2D eigenvalue weighted by molar-refractivity contribution is -0.0585. The van der Waals surface area contributed by atoms with E-state index in [0.29, 0.717) is 0 Å². The molecule has 0 spiro atoms. The summed E-state index contributed by atoms with van der Waals surface area (Å²) < 4.78 is 17.2. The summed E-state index contributed by atoms with van der Waals surface area (Å²) in [5.74, 6) is 0.0486. The molecule has 0 aromatic carbocycles. The molecular weight excluding hydrogens is 305 g/mol. The summed E-state index contributed by atoms with van der Waals surface area (Å²) in [6.45, 7) is -1.23. The van der Waals surface area contributed by atoms with Gasteiger partial charge in [0, 0.05) is 6.20 Å². The Morgan fingerprint density at radius 2 is 1.95 bits per heavy atom. The van der Waals surface area contributed by atoms with E-state index in [2.05, 4.69) is 4.98 Å². The fourth-order valence-electron chi connectivity index (χ4n) is 1.63. The van der Waals surface area contributed by atoms with E-state index in [1.165, 1.54) is 12.3 Å². The van der Waals surface area contributed by atoms with Crippen molar-refractivity contribution in [2.24, 2.45) is 0 Å². The van der Waals surface area contributed by atoms with Crippen LogP contribution in [0.2, 0.25) is 0 Å². The molecule has 10 nitrogen and oxygen atoms in total. The molecule has 0 aliphatic rings. The molecule has 1 heterocycles. The van der Waals surface area contributed by atoms with E-state index in [1.807, 2.05) is 0 Å². The topological polar surface area (TPSA) is 168 Å². The van der Waals surface area contributed by atoms with Gasteiger partial charge >= 0.3 is 13.3 Å². The number of aromatic nitrogens is 2.